The lowest BCUT2D eigenvalue weighted by atomic mass is 10.3. The summed E-state index contributed by atoms with van der Waals surface area (Å²) >= 11 is 11.7. The Hall–Kier alpha value is -1.13. The molecule has 1 fully saturated rings. The highest BCUT2D eigenvalue weighted by molar-refractivity contribution is 6.50. The van der Waals surface area contributed by atoms with Crippen molar-refractivity contribution in [3.05, 3.63) is 24.3 Å². The van der Waals surface area contributed by atoms with Gasteiger partial charge in [0.05, 0.1) is 12.8 Å². The molecule has 0 bridgehead atoms. The Balaban J connectivity index is 1.84. The van der Waals surface area contributed by atoms with Gasteiger partial charge < -0.3 is 15.4 Å². The highest BCUT2D eigenvalue weighted by Crippen LogP contribution is 2.52. The molecule has 0 aromatic heterocycles. The van der Waals surface area contributed by atoms with Crippen molar-refractivity contribution in [1.82, 2.24) is 5.32 Å². The number of para-hydroxylation sites is 2. The standard InChI is InChI=1S/C12H14Cl2N2O2/c1-18-10-5-3-2-4-9(10)16-11(17)15-7-8-6-12(8,13)14/h2-5,8H,6-7H2,1H3,(H2,15,16,17)/t8-/m1/s1. The molecule has 0 spiro atoms. The first-order valence-electron chi connectivity index (χ1n) is 5.58. The van der Waals surface area contributed by atoms with Gasteiger partial charge in [-0.05, 0) is 18.6 Å². The number of nitrogens with one attached hydrogen (secondary N) is 2. The second-order valence-corrected chi connectivity index (χ2v) is 5.74. The quantitative estimate of drug-likeness (QED) is 0.837. The number of methoxy groups -OCH3 is 1. The first-order valence-corrected chi connectivity index (χ1v) is 6.34. The van der Waals surface area contributed by atoms with Crippen LogP contribution >= 0.6 is 23.2 Å². The zero-order valence-corrected chi connectivity index (χ0v) is 11.4. The van der Waals surface area contributed by atoms with Crippen molar-refractivity contribution < 1.29 is 9.53 Å². The van der Waals surface area contributed by atoms with Gasteiger partial charge in [0.15, 0.2) is 0 Å². The largest absolute Gasteiger partial charge is 0.495 e. The lowest BCUT2D eigenvalue weighted by Crippen LogP contribution is -2.31. The molecule has 2 rings (SSSR count). The van der Waals surface area contributed by atoms with E-state index in [1.54, 1.807) is 19.2 Å². The number of carbonyl (C=O) groups is 1. The first-order chi connectivity index (χ1) is 8.53. The van der Waals surface area contributed by atoms with Crippen molar-refractivity contribution in [2.24, 2.45) is 5.92 Å². The Bertz CT molecular complexity index is 451. The minimum Gasteiger partial charge on any atom is -0.495 e. The van der Waals surface area contributed by atoms with Crippen molar-refractivity contribution in [2.75, 3.05) is 19.0 Å². The van der Waals surface area contributed by atoms with Crippen LogP contribution in [-0.2, 0) is 0 Å². The maximum Gasteiger partial charge on any atom is 0.319 e. The maximum absolute atomic E-state index is 11.7. The summed E-state index contributed by atoms with van der Waals surface area (Å²) in [5.74, 6) is 0.743. The summed E-state index contributed by atoms with van der Waals surface area (Å²) in [6.07, 6.45) is 0.713. The number of hydrogen-bond donors (Lipinski definition) is 2. The minimum atomic E-state index is -0.669. The Morgan fingerprint density at radius 3 is 2.78 bits per heavy atom. The van der Waals surface area contributed by atoms with Crippen molar-refractivity contribution in [1.29, 1.82) is 0 Å². The van der Waals surface area contributed by atoms with Crippen LogP contribution in [0.2, 0.25) is 0 Å². The molecule has 1 atom stereocenters. The predicted octanol–water partition coefficient (Wildman–Crippen LogP) is 3.01. The van der Waals surface area contributed by atoms with Crippen LogP contribution < -0.4 is 15.4 Å². The highest BCUT2D eigenvalue weighted by Gasteiger charge is 2.51. The fraction of sp³-hybridized carbons (Fsp3) is 0.417. The molecule has 6 heteroatoms. The number of anilines is 1. The molecular formula is C12H14Cl2N2O2. The van der Waals surface area contributed by atoms with Crippen LogP contribution in [0.3, 0.4) is 0 Å². The molecule has 0 heterocycles. The Labute approximate surface area is 116 Å². The van der Waals surface area contributed by atoms with Crippen LogP contribution in [0.15, 0.2) is 24.3 Å². The normalized spacial score (nSPS) is 20.1. The average molecular weight is 289 g/mol. The van der Waals surface area contributed by atoms with Gasteiger partial charge in [0.25, 0.3) is 0 Å². The number of alkyl halides is 2. The summed E-state index contributed by atoms with van der Waals surface area (Å²) < 4.78 is 4.46. The van der Waals surface area contributed by atoms with Crippen LogP contribution in [0, 0.1) is 5.92 Å². The van der Waals surface area contributed by atoms with Gasteiger partial charge in [-0.2, -0.15) is 0 Å². The second-order valence-electron chi connectivity index (χ2n) is 4.20. The monoisotopic (exact) mass is 288 g/mol. The zero-order valence-electron chi connectivity index (χ0n) is 9.87. The van der Waals surface area contributed by atoms with Crippen LogP contribution in [0.1, 0.15) is 6.42 Å². The van der Waals surface area contributed by atoms with Gasteiger partial charge in [-0.15, -0.1) is 23.2 Å². The third-order valence-electron chi connectivity index (χ3n) is 2.82. The fourth-order valence-electron chi connectivity index (χ4n) is 1.62. The average Bonchev–Trinajstić information content (AvgIpc) is 2.95. The summed E-state index contributed by atoms with van der Waals surface area (Å²) in [5.41, 5.74) is 0.622. The molecule has 1 aromatic rings. The summed E-state index contributed by atoms with van der Waals surface area (Å²) in [6.45, 7) is 0.466. The van der Waals surface area contributed by atoms with Gasteiger partial charge >= 0.3 is 6.03 Å². The molecule has 2 N–H and O–H groups in total. The third kappa shape index (κ3) is 3.21. The Kier molecular flexibility index (Phi) is 3.88. The molecule has 2 amide bonds. The van der Waals surface area contributed by atoms with Gasteiger partial charge in [0.2, 0.25) is 0 Å². The van der Waals surface area contributed by atoms with E-state index in [1.807, 2.05) is 12.1 Å². The summed E-state index contributed by atoms with van der Waals surface area (Å²) in [7, 11) is 1.55. The van der Waals surface area contributed by atoms with E-state index in [4.69, 9.17) is 27.9 Å². The lowest BCUT2D eigenvalue weighted by molar-refractivity contribution is 0.251. The van der Waals surface area contributed by atoms with Crippen LogP contribution in [-0.4, -0.2) is 24.0 Å². The van der Waals surface area contributed by atoms with Crippen LogP contribution in [0.5, 0.6) is 5.75 Å². The van der Waals surface area contributed by atoms with E-state index in [0.717, 1.165) is 0 Å². The third-order valence-corrected chi connectivity index (χ3v) is 3.75. The Morgan fingerprint density at radius 2 is 2.17 bits per heavy atom. The highest BCUT2D eigenvalue weighted by atomic mass is 35.5. The number of hydrogen-bond acceptors (Lipinski definition) is 2. The van der Waals surface area contributed by atoms with Gasteiger partial charge in [0.1, 0.15) is 10.1 Å². The van der Waals surface area contributed by atoms with Crippen molar-refractivity contribution in [2.45, 2.75) is 10.8 Å². The molecule has 1 aliphatic carbocycles. The molecule has 98 valence electrons. The molecule has 1 aliphatic rings. The number of ether oxygens (including phenoxy) is 1. The van der Waals surface area contributed by atoms with Crippen molar-refractivity contribution in [3.63, 3.8) is 0 Å². The van der Waals surface area contributed by atoms with Gasteiger partial charge in [-0.3, -0.25) is 0 Å². The Morgan fingerprint density at radius 1 is 1.50 bits per heavy atom. The molecule has 1 saturated carbocycles. The molecule has 0 saturated heterocycles. The number of carbonyl (C=O) groups excluding carboxylic acids is 1. The van der Waals surface area contributed by atoms with E-state index in [0.29, 0.717) is 24.4 Å². The molecule has 0 radical (unpaired) electrons. The lowest BCUT2D eigenvalue weighted by Gasteiger charge is -2.10. The first kappa shape index (κ1) is 13.3. The van der Waals surface area contributed by atoms with Gasteiger partial charge in [-0.25, -0.2) is 4.79 Å². The predicted molar refractivity (Wildman–Crippen MR) is 72.6 cm³/mol. The number of halogens is 2. The fourth-order valence-corrected chi connectivity index (χ4v) is 2.15. The van der Waals surface area contributed by atoms with E-state index in [2.05, 4.69) is 10.6 Å². The van der Waals surface area contributed by atoms with Crippen molar-refractivity contribution >= 4 is 34.9 Å². The molecule has 1 aromatic carbocycles. The van der Waals surface area contributed by atoms with Crippen LogP contribution in [0.25, 0.3) is 0 Å². The van der Waals surface area contributed by atoms with E-state index < -0.39 is 4.33 Å². The summed E-state index contributed by atoms with van der Waals surface area (Å²) in [5, 5.41) is 5.44. The number of urea groups is 1. The van der Waals surface area contributed by atoms with E-state index in [-0.39, 0.29) is 11.9 Å². The topological polar surface area (TPSA) is 50.4 Å². The molecule has 0 aliphatic heterocycles. The number of rotatable bonds is 4. The van der Waals surface area contributed by atoms with Crippen LogP contribution in [0.4, 0.5) is 10.5 Å². The number of amides is 2. The smallest absolute Gasteiger partial charge is 0.319 e. The number of benzene rings is 1. The molecular weight excluding hydrogens is 275 g/mol. The van der Waals surface area contributed by atoms with Crippen molar-refractivity contribution in [3.8, 4) is 5.75 Å². The summed E-state index contributed by atoms with van der Waals surface area (Å²) in [6, 6.07) is 6.90. The maximum atomic E-state index is 11.7. The molecule has 0 unspecified atom stereocenters. The van der Waals surface area contributed by atoms with Gasteiger partial charge in [-0.1, -0.05) is 12.1 Å². The summed E-state index contributed by atoms with van der Waals surface area (Å²) in [4.78, 5) is 11.7. The molecule has 4 nitrogen and oxygen atoms in total. The molecule has 18 heavy (non-hydrogen) atoms. The van der Waals surface area contributed by atoms with E-state index in [1.165, 1.54) is 0 Å². The van der Waals surface area contributed by atoms with Gasteiger partial charge in [0, 0.05) is 12.5 Å². The zero-order chi connectivity index (χ0) is 13.2. The minimum absolute atomic E-state index is 0.129. The second kappa shape index (κ2) is 5.24. The van der Waals surface area contributed by atoms with E-state index in [9.17, 15) is 4.79 Å². The van der Waals surface area contributed by atoms with E-state index >= 15 is 0 Å². The SMILES string of the molecule is COc1ccccc1NC(=O)NC[C@H]1CC1(Cl)Cl.